The zero-order chi connectivity index (χ0) is 9.28. The summed E-state index contributed by atoms with van der Waals surface area (Å²) in [5, 5.41) is 0. The first-order chi connectivity index (χ1) is 6.84. The molecule has 2 atom stereocenters. The number of hydrogen-bond donors (Lipinski definition) is 0. The summed E-state index contributed by atoms with van der Waals surface area (Å²) >= 11 is 0. The van der Waals surface area contributed by atoms with E-state index in [4.69, 9.17) is 0 Å². The van der Waals surface area contributed by atoms with Crippen LogP contribution in [0.4, 0.5) is 0 Å². The highest BCUT2D eigenvalue weighted by Gasteiger charge is 2.50. The largest absolute Gasteiger partial charge is 0.294 e. The van der Waals surface area contributed by atoms with Crippen molar-refractivity contribution >= 4 is 5.78 Å². The smallest absolute Gasteiger partial charge is 0.165 e. The highest BCUT2D eigenvalue weighted by molar-refractivity contribution is 5.99. The molecule has 70 valence electrons. The number of hydrogen-bond acceptors (Lipinski definition) is 1. The van der Waals surface area contributed by atoms with Crippen LogP contribution in [-0.4, -0.2) is 5.78 Å². The highest BCUT2D eigenvalue weighted by atomic mass is 16.1. The first kappa shape index (κ1) is 7.22. The van der Waals surface area contributed by atoms with E-state index in [-0.39, 0.29) is 0 Å². The maximum absolute atomic E-state index is 11.8. The SMILES string of the molecule is O=C(c1ccc2c(c1)C1CC21)C1CC1. The van der Waals surface area contributed by atoms with Gasteiger partial charge in [0, 0.05) is 11.5 Å². The van der Waals surface area contributed by atoms with Gasteiger partial charge in [0.25, 0.3) is 0 Å². The van der Waals surface area contributed by atoms with E-state index in [1.165, 1.54) is 17.5 Å². The van der Waals surface area contributed by atoms with Crippen molar-refractivity contribution in [2.75, 3.05) is 0 Å². The highest BCUT2D eigenvalue weighted by Crippen LogP contribution is 2.65. The Morgan fingerprint density at radius 3 is 2.71 bits per heavy atom. The summed E-state index contributed by atoms with van der Waals surface area (Å²) in [7, 11) is 0. The fourth-order valence-electron chi connectivity index (χ4n) is 2.75. The van der Waals surface area contributed by atoms with Gasteiger partial charge in [-0.05, 0) is 48.3 Å². The molecule has 1 nitrogen and oxygen atoms in total. The molecular formula is C13H12O. The molecule has 0 aromatic heterocycles. The summed E-state index contributed by atoms with van der Waals surface area (Å²) in [6.45, 7) is 0. The van der Waals surface area contributed by atoms with Crippen molar-refractivity contribution in [1.82, 2.24) is 0 Å². The average Bonchev–Trinajstić information content (AvgIpc) is 3.06. The minimum absolute atomic E-state index is 0.364. The topological polar surface area (TPSA) is 17.1 Å². The predicted octanol–water partition coefficient (Wildman–Crippen LogP) is 2.86. The van der Waals surface area contributed by atoms with E-state index in [1.54, 1.807) is 0 Å². The number of carbonyl (C=O) groups excluding carboxylic acids is 1. The maximum atomic E-state index is 11.8. The second-order valence-corrected chi connectivity index (χ2v) is 4.93. The summed E-state index contributed by atoms with van der Waals surface area (Å²) in [6.07, 6.45) is 3.57. The van der Waals surface area contributed by atoms with Crippen LogP contribution in [0.2, 0.25) is 0 Å². The summed E-state index contributed by atoms with van der Waals surface area (Å²) < 4.78 is 0. The van der Waals surface area contributed by atoms with Gasteiger partial charge in [0.15, 0.2) is 5.78 Å². The lowest BCUT2D eigenvalue weighted by atomic mass is 9.86. The molecule has 1 aromatic rings. The van der Waals surface area contributed by atoms with Gasteiger partial charge in [0.1, 0.15) is 0 Å². The number of Topliss-reactive ketones (excluding diaryl/α,β-unsaturated/α-hetero) is 1. The first-order valence-electron chi connectivity index (χ1n) is 5.52. The number of rotatable bonds is 2. The van der Waals surface area contributed by atoms with Gasteiger partial charge in [-0.1, -0.05) is 12.1 Å². The zero-order valence-electron chi connectivity index (χ0n) is 7.99. The van der Waals surface area contributed by atoms with Crippen molar-refractivity contribution in [3.05, 3.63) is 34.9 Å². The van der Waals surface area contributed by atoms with Crippen LogP contribution >= 0.6 is 0 Å². The molecule has 0 aliphatic heterocycles. The molecule has 3 aliphatic rings. The molecule has 0 spiro atoms. The number of carbonyl (C=O) groups is 1. The fraction of sp³-hybridized carbons (Fsp3) is 0.462. The molecular weight excluding hydrogens is 172 g/mol. The quantitative estimate of drug-likeness (QED) is 0.646. The minimum atomic E-state index is 0.364. The third-order valence-corrected chi connectivity index (χ3v) is 3.91. The maximum Gasteiger partial charge on any atom is 0.165 e. The van der Waals surface area contributed by atoms with Crippen molar-refractivity contribution in [3.8, 4) is 0 Å². The second-order valence-electron chi connectivity index (χ2n) is 4.93. The van der Waals surface area contributed by atoms with Crippen LogP contribution in [0.3, 0.4) is 0 Å². The van der Waals surface area contributed by atoms with E-state index >= 15 is 0 Å². The van der Waals surface area contributed by atoms with Crippen molar-refractivity contribution in [3.63, 3.8) is 0 Å². The summed E-state index contributed by atoms with van der Waals surface area (Å²) in [6, 6.07) is 6.37. The van der Waals surface area contributed by atoms with Gasteiger partial charge in [-0.25, -0.2) is 0 Å². The molecule has 0 amide bonds. The van der Waals surface area contributed by atoms with Gasteiger partial charge in [0.2, 0.25) is 0 Å². The molecule has 0 heterocycles. The van der Waals surface area contributed by atoms with Crippen LogP contribution in [0.1, 0.15) is 52.6 Å². The lowest BCUT2D eigenvalue weighted by Gasteiger charge is -2.18. The van der Waals surface area contributed by atoms with Crippen LogP contribution in [0.25, 0.3) is 0 Å². The van der Waals surface area contributed by atoms with Gasteiger partial charge in [-0.15, -0.1) is 0 Å². The third kappa shape index (κ3) is 0.783. The van der Waals surface area contributed by atoms with Crippen LogP contribution < -0.4 is 0 Å². The standard InChI is InChI=1S/C13H12O/c14-13(7-1-2-7)8-3-4-9-10(5-8)12-6-11(9)12/h3-5,7,11-12H,1-2,6H2. The van der Waals surface area contributed by atoms with E-state index < -0.39 is 0 Å². The molecule has 4 rings (SSSR count). The molecule has 0 N–H and O–H groups in total. The van der Waals surface area contributed by atoms with Gasteiger partial charge >= 0.3 is 0 Å². The van der Waals surface area contributed by atoms with Crippen molar-refractivity contribution in [1.29, 1.82) is 0 Å². The normalized spacial score (nSPS) is 31.4. The van der Waals surface area contributed by atoms with Crippen LogP contribution in [0.15, 0.2) is 18.2 Å². The van der Waals surface area contributed by atoms with Gasteiger partial charge in [-0.2, -0.15) is 0 Å². The third-order valence-electron chi connectivity index (χ3n) is 3.91. The molecule has 1 aromatic carbocycles. The van der Waals surface area contributed by atoms with E-state index in [0.29, 0.717) is 11.7 Å². The molecule has 0 saturated heterocycles. The summed E-state index contributed by atoms with van der Waals surface area (Å²) in [4.78, 5) is 11.8. The lowest BCUT2D eigenvalue weighted by molar-refractivity contribution is 0.0967. The Hall–Kier alpha value is -1.11. The van der Waals surface area contributed by atoms with Crippen LogP contribution in [0, 0.1) is 5.92 Å². The van der Waals surface area contributed by atoms with Crippen molar-refractivity contribution in [2.24, 2.45) is 5.92 Å². The van der Waals surface area contributed by atoms with E-state index in [1.807, 2.05) is 6.07 Å². The second kappa shape index (κ2) is 2.10. The van der Waals surface area contributed by atoms with Gasteiger partial charge in [0.05, 0.1) is 0 Å². The lowest BCUT2D eigenvalue weighted by Crippen LogP contribution is -2.07. The summed E-state index contributed by atoms with van der Waals surface area (Å²) in [5.74, 6) is 2.45. The fourth-order valence-corrected chi connectivity index (χ4v) is 2.75. The molecule has 0 radical (unpaired) electrons. The van der Waals surface area contributed by atoms with Crippen LogP contribution in [0.5, 0.6) is 0 Å². The van der Waals surface area contributed by atoms with E-state index in [0.717, 1.165) is 30.2 Å². The molecule has 2 fully saturated rings. The summed E-state index contributed by atoms with van der Waals surface area (Å²) in [5.41, 5.74) is 3.96. The first-order valence-corrected chi connectivity index (χ1v) is 5.52. The molecule has 2 unspecified atom stereocenters. The van der Waals surface area contributed by atoms with Gasteiger partial charge in [-0.3, -0.25) is 4.79 Å². The minimum Gasteiger partial charge on any atom is -0.294 e. The monoisotopic (exact) mass is 184 g/mol. The van der Waals surface area contributed by atoms with E-state index in [2.05, 4.69) is 12.1 Å². The van der Waals surface area contributed by atoms with E-state index in [9.17, 15) is 4.79 Å². The zero-order valence-corrected chi connectivity index (χ0v) is 7.99. The Balaban J connectivity index is 1.75. The van der Waals surface area contributed by atoms with Crippen molar-refractivity contribution in [2.45, 2.75) is 31.1 Å². The Bertz CT molecular complexity index is 443. The molecule has 2 saturated carbocycles. The predicted molar refractivity (Wildman–Crippen MR) is 53.6 cm³/mol. The molecule has 14 heavy (non-hydrogen) atoms. The van der Waals surface area contributed by atoms with Crippen LogP contribution in [-0.2, 0) is 0 Å². The Kier molecular flexibility index (Phi) is 1.08. The van der Waals surface area contributed by atoms with Crippen molar-refractivity contribution < 1.29 is 4.79 Å². The average molecular weight is 184 g/mol. The Labute approximate surface area is 83.1 Å². The number of benzene rings is 1. The Morgan fingerprint density at radius 1 is 1.14 bits per heavy atom. The molecule has 1 heteroatoms. The van der Waals surface area contributed by atoms with Gasteiger partial charge < -0.3 is 0 Å². The molecule has 3 aliphatic carbocycles. The molecule has 0 bridgehead atoms. The number of ketones is 1. The number of fused-ring (bicyclic) bond motifs is 4. The Morgan fingerprint density at radius 2 is 1.93 bits per heavy atom.